The summed E-state index contributed by atoms with van der Waals surface area (Å²) < 4.78 is 33.7. The number of hydrogen-bond donors (Lipinski definition) is 2. The highest BCUT2D eigenvalue weighted by molar-refractivity contribution is 7.94. The molecule has 1 amide bonds. The van der Waals surface area contributed by atoms with Crippen molar-refractivity contribution < 1.29 is 17.9 Å². The summed E-state index contributed by atoms with van der Waals surface area (Å²) in [7, 11) is -3.62. The van der Waals surface area contributed by atoms with Crippen molar-refractivity contribution in [1.82, 2.24) is 4.98 Å². The molecule has 4 aromatic rings. The fourth-order valence-corrected chi connectivity index (χ4v) is 5.64. The minimum Gasteiger partial charge on any atom is -0.494 e. The molecule has 0 fully saturated rings. The van der Waals surface area contributed by atoms with Crippen molar-refractivity contribution in [1.29, 1.82) is 0 Å². The standard InChI is InChI=1S/C20H17N3O4S3/c1-2-27-15-9-10-16-17(12-15)29-20(21-16)22-19(24)13-5-7-14(8-6-13)23-30(25,26)18-4-3-11-28-18/h3-12,23H,2H2,1H3,(H,21,22,24). The van der Waals surface area contributed by atoms with Gasteiger partial charge in [0, 0.05) is 11.3 Å². The molecule has 0 atom stereocenters. The SMILES string of the molecule is CCOc1ccc2nc(NC(=O)c3ccc(NS(=O)(=O)c4cccs4)cc3)sc2c1. The number of rotatable bonds is 7. The Morgan fingerprint density at radius 2 is 1.93 bits per heavy atom. The molecule has 0 radical (unpaired) electrons. The number of nitrogens with zero attached hydrogens (tertiary/aromatic N) is 1. The predicted molar refractivity (Wildman–Crippen MR) is 120 cm³/mol. The van der Waals surface area contributed by atoms with Crippen molar-refractivity contribution in [2.24, 2.45) is 0 Å². The third kappa shape index (κ3) is 4.45. The van der Waals surface area contributed by atoms with Crippen LogP contribution in [0.3, 0.4) is 0 Å². The number of fused-ring (bicyclic) bond motifs is 1. The predicted octanol–water partition coefficient (Wildman–Crippen LogP) is 4.81. The number of nitrogens with one attached hydrogen (secondary N) is 2. The first-order valence-corrected chi connectivity index (χ1v) is 12.1. The second-order valence-corrected chi connectivity index (χ2v) is 10.0. The van der Waals surface area contributed by atoms with Crippen LogP contribution in [-0.4, -0.2) is 25.9 Å². The molecule has 0 spiro atoms. The Hall–Kier alpha value is -2.95. The van der Waals surface area contributed by atoms with Gasteiger partial charge >= 0.3 is 0 Å². The number of anilines is 2. The number of carbonyl (C=O) groups is 1. The van der Waals surface area contributed by atoms with Gasteiger partial charge in [-0.3, -0.25) is 14.8 Å². The quantitative estimate of drug-likeness (QED) is 0.413. The van der Waals surface area contributed by atoms with Crippen LogP contribution < -0.4 is 14.8 Å². The molecule has 0 saturated carbocycles. The lowest BCUT2D eigenvalue weighted by Gasteiger charge is -2.07. The fourth-order valence-electron chi connectivity index (χ4n) is 2.70. The number of amides is 1. The number of aromatic nitrogens is 1. The molecule has 0 aliphatic heterocycles. The van der Waals surface area contributed by atoms with E-state index in [-0.39, 0.29) is 10.1 Å². The van der Waals surface area contributed by atoms with Gasteiger partial charge in [-0.1, -0.05) is 17.4 Å². The molecule has 2 N–H and O–H groups in total. The first-order chi connectivity index (χ1) is 14.4. The van der Waals surface area contributed by atoms with E-state index in [2.05, 4.69) is 15.0 Å². The van der Waals surface area contributed by atoms with Gasteiger partial charge in [-0.05, 0) is 60.8 Å². The molecule has 7 nitrogen and oxygen atoms in total. The summed E-state index contributed by atoms with van der Waals surface area (Å²) in [6, 6.07) is 15.0. The molecule has 0 aliphatic rings. The van der Waals surface area contributed by atoms with E-state index in [4.69, 9.17) is 4.74 Å². The van der Waals surface area contributed by atoms with E-state index in [1.165, 1.54) is 17.4 Å². The molecule has 10 heteroatoms. The van der Waals surface area contributed by atoms with E-state index < -0.39 is 10.0 Å². The molecular weight excluding hydrogens is 442 g/mol. The van der Waals surface area contributed by atoms with Crippen LogP contribution in [0.4, 0.5) is 10.8 Å². The summed E-state index contributed by atoms with van der Waals surface area (Å²) in [5.41, 5.74) is 1.55. The highest BCUT2D eigenvalue weighted by Crippen LogP contribution is 2.29. The zero-order valence-electron chi connectivity index (χ0n) is 15.8. The molecule has 154 valence electrons. The summed E-state index contributed by atoms with van der Waals surface area (Å²) in [6.07, 6.45) is 0. The van der Waals surface area contributed by atoms with E-state index in [1.807, 2.05) is 25.1 Å². The number of sulfonamides is 1. The molecule has 2 aromatic heterocycles. The van der Waals surface area contributed by atoms with Crippen molar-refractivity contribution in [2.75, 3.05) is 16.6 Å². The molecule has 0 saturated heterocycles. The largest absolute Gasteiger partial charge is 0.494 e. The monoisotopic (exact) mass is 459 g/mol. The third-order valence-electron chi connectivity index (χ3n) is 4.05. The lowest BCUT2D eigenvalue weighted by atomic mass is 10.2. The second-order valence-electron chi connectivity index (χ2n) is 6.15. The maximum Gasteiger partial charge on any atom is 0.271 e. The average molecular weight is 460 g/mol. The Bertz CT molecular complexity index is 1280. The van der Waals surface area contributed by atoms with Crippen LogP contribution in [0, 0.1) is 0 Å². The summed E-state index contributed by atoms with van der Waals surface area (Å²) in [5.74, 6) is 0.430. The van der Waals surface area contributed by atoms with E-state index >= 15 is 0 Å². The van der Waals surface area contributed by atoms with E-state index in [0.717, 1.165) is 27.3 Å². The Balaban J connectivity index is 1.45. The van der Waals surface area contributed by atoms with Crippen LogP contribution in [0.5, 0.6) is 5.75 Å². The second kappa shape index (κ2) is 8.42. The van der Waals surface area contributed by atoms with Gasteiger partial charge in [0.2, 0.25) is 0 Å². The van der Waals surface area contributed by atoms with Gasteiger partial charge in [0.05, 0.1) is 16.8 Å². The maximum atomic E-state index is 12.5. The summed E-state index contributed by atoms with van der Waals surface area (Å²) in [4.78, 5) is 17.0. The molecule has 0 aliphatic carbocycles. The lowest BCUT2D eigenvalue weighted by molar-refractivity contribution is 0.102. The van der Waals surface area contributed by atoms with Crippen LogP contribution in [0.2, 0.25) is 0 Å². The van der Waals surface area contributed by atoms with Crippen molar-refractivity contribution in [3.63, 3.8) is 0 Å². The van der Waals surface area contributed by atoms with Gasteiger partial charge in [-0.15, -0.1) is 11.3 Å². The van der Waals surface area contributed by atoms with Gasteiger partial charge in [-0.25, -0.2) is 13.4 Å². The van der Waals surface area contributed by atoms with Crippen LogP contribution in [0.15, 0.2) is 64.2 Å². The molecule has 0 unspecified atom stereocenters. The molecular formula is C20H17N3O4S3. The van der Waals surface area contributed by atoms with E-state index in [1.54, 1.807) is 35.7 Å². The third-order valence-corrected chi connectivity index (χ3v) is 7.76. The average Bonchev–Trinajstić information content (AvgIpc) is 3.38. The van der Waals surface area contributed by atoms with Gasteiger partial charge < -0.3 is 4.74 Å². The molecule has 4 rings (SSSR count). The zero-order valence-corrected chi connectivity index (χ0v) is 18.2. The maximum absolute atomic E-state index is 12.5. The van der Waals surface area contributed by atoms with E-state index in [9.17, 15) is 13.2 Å². The number of benzene rings is 2. The van der Waals surface area contributed by atoms with Gasteiger partial charge in [0.25, 0.3) is 15.9 Å². The van der Waals surface area contributed by atoms with Crippen molar-refractivity contribution in [3.8, 4) is 5.75 Å². The normalized spacial score (nSPS) is 11.4. The molecule has 0 bridgehead atoms. The minimum atomic E-state index is -3.62. The van der Waals surface area contributed by atoms with Gasteiger partial charge in [0.1, 0.15) is 9.96 Å². The summed E-state index contributed by atoms with van der Waals surface area (Å²) in [6.45, 7) is 2.49. The smallest absolute Gasteiger partial charge is 0.271 e. The fraction of sp³-hybridized carbons (Fsp3) is 0.100. The summed E-state index contributed by atoms with van der Waals surface area (Å²) >= 11 is 2.49. The highest BCUT2D eigenvalue weighted by atomic mass is 32.2. The summed E-state index contributed by atoms with van der Waals surface area (Å²) in [5, 5.41) is 4.95. The molecule has 2 aromatic carbocycles. The van der Waals surface area contributed by atoms with Gasteiger partial charge in [0.15, 0.2) is 5.13 Å². The number of thiazole rings is 1. The van der Waals surface area contributed by atoms with Crippen LogP contribution in [-0.2, 0) is 10.0 Å². The Labute approximate surface area is 181 Å². The van der Waals surface area contributed by atoms with Crippen molar-refractivity contribution >= 4 is 59.6 Å². The Kier molecular flexibility index (Phi) is 5.71. The van der Waals surface area contributed by atoms with Crippen molar-refractivity contribution in [3.05, 3.63) is 65.5 Å². The molecule has 30 heavy (non-hydrogen) atoms. The van der Waals surface area contributed by atoms with Crippen molar-refractivity contribution in [2.45, 2.75) is 11.1 Å². The van der Waals surface area contributed by atoms with Crippen LogP contribution in [0.1, 0.15) is 17.3 Å². The first-order valence-electron chi connectivity index (χ1n) is 8.96. The van der Waals surface area contributed by atoms with Crippen LogP contribution >= 0.6 is 22.7 Å². The Morgan fingerprint density at radius 1 is 1.13 bits per heavy atom. The topological polar surface area (TPSA) is 97.4 Å². The molecule has 2 heterocycles. The first kappa shape index (κ1) is 20.3. The zero-order chi connectivity index (χ0) is 21.1. The highest BCUT2D eigenvalue weighted by Gasteiger charge is 2.16. The number of hydrogen-bond acceptors (Lipinski definition) is 7. The van der Waals surface area contributed by atoms with Crippen LogP contribution in [0.25, 0.3) is 10.2 Å². The Morgan fingerprint density at radius 3 is 2.63 bits per heavy atom. The number of thiophene rings is 1. The van der Waals surface area contributed by atoms with E-state index in [0.29, 0.717) is 23.0 Å². The number of carbonyl (C=O) groups excluding carboxylic acids is 1. The lowest BCUT2D eigenvalue weighted by Crippen LogP contribution is -2.13. The van der Waals surface area contributed by atoms with Gasteiger partial charge in [-0.2, -0.15) is 0 Å². The minimum absolute atomic E-state index is 0.229. The number of ether oxygens (including phenoxy) is 1.